The van der Waals surface area contributed by atoms with Crippen LogP contribution in [0.5, 0.6) is 5.75 Å². The minimum absolute atomic E-state index is 0.227. The lowest BCUT2D eigenvalue weighted by molar-refractivity contribution is 0.190. The molecule has 0 bridgehead atoms. The molecule has 1 saturated heterocycles. The Bertz CT molecular complexity index is 651. The van der Waals surface area contributed by atoms with E-state index in [1.54, 1.807) is 19.1 Å². The number of rotatable bonds is 10. The van der Waals surface area contributed by atoms with Crippen molar-refractivity contribution in [3.63, 3.8) is 0 Å². The molecule has 1 unspecified atom stereocenters. The molecule has 1 heterocycles. The summed E-state index contributed by atoms with van der Waals surface area (Å²) >= 11 is 1.64. The monoisotopic (exact) mass is 388 g/mol. The van der Waals surface area contributed by atoms with E-state index in [0.717, 1.165) is 49.1 Å². The van der Waals surface area contributed by atoms with Crippen LogP contribution in [0, 0.1) is 0 Å². The topological polar surface area (TPSA) is 57.8 Å². The Balaban J connectivity index is 1.54. The molecular formula is C20H28N4O2S. The summed E-state index contributed by atoms with van der Waals surface area (Å²) in [5.74, 6) is 0.907. The largest absolute Gasteiger partial charge is 0.492 e. The Morgan fingerprint density at radius 1 is 1.07 bits per heavy atom. The van der Waals surface area contributed by atoms with Crippen molar-refractivity contribution in [2.24, 2.45) is 0 Å². The lowest BCUT2D eigenvalue weighted by atomic mass is 10.2. The summed E-state index contributed by atoms with van der Waals surface area (Å²) in [5, 5.41) is 3.40. The fourth-order valence-corrected chi connectivity index (χ4v) is 3.62. The van der Waals surface area contributed by atoms with Gasteiger partial charge in [0.15, 0.2) is 0 Å². The first-order valence-corrected chi connectivity index (χ1v) is 10.1. The maximum absolute atomic E-state index is 6.00. The van der Waals surface area contributed by atoms with Crippen molar-refractivity contribution in [3.8, 4) is 5.75 Å². The van der Waals surface area contributed by atoms with E-state index < -0.39 is 0 Å². The molecule has 0 aliphatic carbocycles. The molecule has 1 atom stereocenters. The zero-order chi connectivity index (χ0) is 18.7. The van der Waals surface area contributed by atoms with Crippen molar-refractivity contribution in [3.05, 3.63) is 54.6 Å². The van der Waals surface area contributed by atoms with E-state index in [1.165, 1.54) is 0 Å². The number of benzene rings is 2. The van der Waals surface area contributed by atoms with Gasteiger partial charge in [-0.15, -0.1) is 0 Å². The molecule has 6 nitrogen and oxygen atoms in total. The van der Waals surface area contributed by atoms with Crippen LogP contribution in [-0.4, -0.2) is 57.4 Å². The third kappa shape index (κ3) is 7.04. The molecule has 3 rings (SSSR count). The van der Waals surface area contributed by atoms with Crippen LogP contribution >= 0.6 is 11.9 Å². The Kier molecular flexibility index (Phi) is 8.26. The van der Waals surface area contributed by atoms with Crippen LogP contribution in [0.1, 0.15) is 0 Å². The second kappa shape index (κ2) is 11.2. The Labute approximate surface area is 165 Å². The molecule has 7 heteroatoms. The van der Waals surface area contributed by atoms with Crippen LogP contribution in [0.4, 0.5) is 5.69 Å². The lowest BCUT2D eigenvalue weighted by Crippen LogP contribution is -2.49. The predicted molar refractivity (Wildman–Crippen MR) is 111 cm³/mol. The van der Waals surface area contributed by atoms with Gasteiger partial charge in [0.05, 0.1) is 18.8 Å². The highest BCUT2D eigenvalue weighted by Crippen LogP contribution is 2.19. The molecule has 1 aliphatic heterocycles. The van der Waals surface area contributed by atoms with Crippen LogP contribution in [-0.2, 0) is 4.84 Å². The van der Waals surface area contributed by atoms with Gasteiger partial charge in [-0.05, 0) is 48.3 Å². The van der Waals surface area contributed by atoms with E-state index in [-0.39, 0.29) is 6.04 Å². The van der Waals surface area contributed by atoms with E-state index in [0.29, 0.717) is 6.61 Å². The summed E-state index contributed by atoms with van der Waals surface area (Å²) < 4.78 is 9.59. The van der Waals surface area contributed by atoms with Crippen molar-refractivity contribution in [1.29, 1.82) is 0 Å². The molecule has 2 aromatic carbocycles. The van der Waals surface area contributed by atoms with E-state index in [2.05, 4.69) is 32.6 Å². The van der Waals surface area contributed by atoms with E-state index in [9.17, 15) is 0 Å². The summed E-state index contributed by atoms with van der Waals surface area (Å²) in [6.45, 7) is 5.84. The predicted octanol–water partition coefficient (Wildman–Crippen LogP) is 2.61. The van der Waals surface area contributed by atoms with E-state index in [4.69, 9.17) is 9.57 Å². The van der Waals surface area contributed by atoms with Crippen LogP contribution in [0.2, 0.25) is 0 Å². The molecule has 0 aromatic heterocycles. The average molecular weight is 389 g/mol. The van der Waals surface area contributed by atoms with Gasteiger partial charge in [0.25, 0.3) is 0 Å². The number of anilines is 1. The molecule has 27 heavy (non-hydrogen) atoms. The third-order valence-corrected chi connectivity index (χ3v) is 5.26. The van der Waals surface area contributed by atoms with Gasteiger partial charge in [-0.2, -0.15) is 0 Å². The van der Waals surface area contributed by atoms with Gasteiger partial charge in [-0.25, -0.2) is 0 Å². The van der Waals surface area contributed by atoms with Gasteiger partial charge < -0.3 is 10.1 Å². The maximum atomic E-state index is 6.00. The van der Waals surface area contributed by atoms with Gasteiger partial charge in [0, 0.05) is 37.6 Å². The number of hydrogen-bond donors (Lipinski definition) is 3. The highest BCUT2D eigenvalue weighted by atomic mass is 32.2. The molecule has 146 valence electrons. The van der Waals surface area contributed by atoms with Crippen LogP contribution < -0.4 is 20.3 Å². The zero-order valence-electron chi connectivity index (χ0n) is 15.7. The fraction of sp³-hybridized carbons (Fsp3) is 0.400. The van der Waals surface area contributed by atoms with Crippen molar-refractivity contribution < 1.29 is 9.57 Å². The highest BCUT2D eigenvalue weighted by molar-refractivity contribution is 7.97. The number of nitrogens with zero attached hydrogens (tertiary/aromatic N) is 1. The summed E-state index contributed by atoms with van der Waals surface area (Å²) in [6.07, 6.45) is 0. The van der Waals surface area contributed by atoms with Gasteiger partial charge in [0.1, 0.15) is 12.4 Å². The minimum Gasteiger partial charge on any atom is -0.492 e. The quantitative estimate of drug-likeness (QED) is 0.427. The third-order valence-electron chi connectivity index (χ3n) is 4.30. The summed E-state index contributed by atoms with van der Waals surface area (Å²) in [4.78, 5) is 8.56. The second-order valence-corrected chi connectivity index (χ2v) is 7.33. The van der Waals surface area contributed by atoms with Crippen LogP contribution in [0.15, 0.2) is 59.5 Å². The highest BCUT2D eigenvalue weighted by Gasteiger charge is 2.17. The van der Waals surface area contributed by atoms with Crippen molar-refractivity contribution in [2.45, 2.75) is 10.9 Å². The summed E-state index contributed by atoms with van der Waals surface area (Å²) in [7, 11) is 1.61. The van der Waals surface area contributed by atoms with Gasteiger partial charge in [-0.3, -0.25) is 19.9 Å². The molecule has 0 amide bonds. The molecule has 1 aliphatic rings. The van der Waals surface area contributed by atoms with Crippen molar-refractivity contribution in [1.82, 2.24) is 14.9 Å². The van der Waals surface area contributed by atoms with Crippen LogP contribution in [0.3, 0.4) is 0 Å². The van der Waals surface area contributed by atoms with Crippen molar-refractivity contribution in [2.75, 3.05) is 51.9 Å². The Morgan fingerprint density at radius 2 is 1.81 bits per heavy atom. The molecular weight excluding hydrogens is 360 g/mol. The van der Waals surface area contributed by atoms with Gasteiger partial charge in [-0.1, -0.05) is 18.2 Å². The normalized spacial score (nSPS) is 16.0. The van der Waals surface area contributed by atoms with Crippen LogP contribution in [0.25, 0.3) is 0 Å². The fourth-order valence-electron chi connectivity index (χ4n) is 2.90. The Morgan fingerprint density at radius 3 is 2.52 bits per heavy atom. The molecule has 3 N–H and O–H groups in total. The smallest absolute Gasteiger partial charge is 0.119 e. The molecule has 0 saturated carbocycles. The first-order chi connectivity index (χ1) is 13.3. The minimum atomic E-state index is 0.227. The first kappa shape index (κ1) is 20.0. The van der Waals surface area contributed by atoms with Crippen molar-refractivity contribution >= 4 is 17.6 Å². The summed E-state index contributed by atoms with van der Waals surface area (Å²) in [5.41, 5.74) is 3.77. The lowest BCUT2D eigenvalue weighted by Gasteiger charge is -2.31. The number of piperazine rings is 1. The first-order valence-electron chi connectivity index (χ1n) is 9.26. The van der Waals surface area contributed by atoms with E-state index >= 15 is 0 Å². The standard InChI is InChI=1S/C20H28N4O2S/c1-25-22-17-7-9-20(10-8-17)27-23-18(15-24-13-11-21-12-14-24)16-26-19-5-3-2-4-6-19/h2-10,18,21-23H,11-16H2,1H3. The maximum Gasteiger partial charge on any atom is 0.119 e. The SMILES string of the molecule is CONc1ccc(SNC(COc2ccccc2)CN2CCNCC2)cc1. The number of ether oxygens (including phenoxy) is 1. The second-order valence-electron chi connectivity index (χ2n) is 6.42. The average Bonchev–Trinajstić information content (AvgIpc) is 2.73. The molecule has 2 aromatic rings. The van der Waals surface area contributed by atoms with Gasteiger partial charge >= 0.3 is 0 Å². The number of para-hydroxylation sites is 1. The summed E-state index contributed by atoms with van der Waals surface area (Å²) in [6, 6.07) is 18.4. The number of hydrogen-bond acceptors (Lipinski definition) is 7. The zero-order valence-corrected chi connectivity index (χ0v) is 16.5. The Hall–Kier alpha value is -1.77. The molecule has 0 radical (unpaired) electrons. The van der Waals surface area contributed by atoms with E-state index in [1.807, 2.05) is 42.5 Å². The van der Waals surface area contributed by atoms with Gasteiger partial charge in [0.2, 0.25) is 0 Å². The number of nitrogens with one attached hydrogen (secondary N) is 3. The molecule has 1 fully saturated rings. The molecule has 0 spiro atoms.